The summed E-state index contributed by atoms with van der Waals surface area (Å²) in [5, 5.41) is 23.2. The zero-order valence-corrected chi connectivity index (χ0v) is 17.3. The van der Waals surface area contributed by atoms with Crippen molar-refractivity contribution in [3.8, 4) is 11.5 Å². The molecule has 12 heteroatoms. The van der Waals surface area contributed by atoms with Crippen molar-refractivity contribution in [3.63, 3.8) is 0 Å². The summed E-state index contributed by atoms with van der Waals surface area (Å²) in [5.74, 6) is -3.03. The van der Waals surface area contributed by atoms with Gasteiger partial charge in [-0.3, -0.25) is 20.0 Å². The molecule has 4 rings (SSSR count). The summed E-state index contributed by atoms with van der Waals surface area (Å²) in [5.41, 5.74) is 1.04. The Bertz CT molecular complexity index is 1070. The average Bonchev–Trinajstić information content (AvgIpc) is 3.02. The number of aliphatic carboxylic acids is 1. The van der Waals surface area contributed by atoms with Crippen LogP contribution >= 0.6 is 11.6 Å². The number of ether oxygens (including phenoxy) is 2. The van der Waals surface area contributed by atoms with Crippen LogP contribution in [0, 0.1) is 5.92 Å². The largest absolute Gasteiger partial charge is 0.586 e. The number of fused-ring (bicyclic) bond motifs is 1. The highest BCUT2D eigenvalue weighted by Crippen LogP contribution is 2.42. The number of aliphatic hydroxyl groups excluding tert-OH is 1. The molecular formula is C20H18ClF2N3O6. The van der Waals surface area contributed by atoms with E-state index in [1.165, 1.54) is 30.6 Å². The molecule has 1 aromatic heterocycles. The summed E-state index contributed by atoms with van der Waals surface area (Å²) in [6.45, 7) is 1.61. The summed E-state index contributed by atoms with van der Waals surface area (Å²) >= 11 is 5.89. The number of pyridine rings is 1. The number of carboxylic acids is 1. The molecule has 32 heavy (non-hydrogen) atoms. The van der Waals surface area contributed by atoms with Crippen molar-refractivity contribution in [3.05, 3.63) is 52.8 Å². The standard InChI is InChI=1S/C20H18ClF2N3O6/c1-9(11-2-3-14-15(6-11)32-20(22,23)31-14)25-19(30)26-16(18(28)29)13(17(26)27)5-10-4-12(21)8-24-7-10/h2-4,6-9,13,16,19,25,30H,5H2,1H3,(H,28,29). The maximum Gasteiger partial charge on any atom is 0.586 e. The SMILES string of the molecule is CC(NC(O)N1C(=O)C(Cc2cncc(Cl)c2)C1C(=O)O)c1ccc2c(c1)OC(F)(F)O2. The molecule has 1 fully saturated rings. The van der Waals surface area contributed by atoms with Gasteiger partial charge in [-0.05, 0) is 42.7 Å². The van der Waals surface area contributed by atoms with Crippen LogP contribution in [0.2, 0.25) is 5.02 Å². The molecule has 0 bridgehead atoms. The Morgan fingerprint density at radius 2 is 2.03 bits per heavy atom. The fraction of sp³-hybridized carbons (Fsp3) is 0.350. The van der Waals surface area contributed by atoms with Crippen LogP contribution in [0.4, 0.5) is 8.78 Å². The number of hydrogen-bond acceptors (Lipinski definition) is 7. The van der Waals surface area contributed by atoms with Gasteiger partial charge in [0.25, 0.3) is 0 Å². The van der Waals surface area contributed by atoms with E-state index in [4.69, 9.17) is 11.6 Å². The van der Waals surface area contributed by atoms with E-state index in [0.717, 1.165) is 4.90 Å². The van der Waals surface area contributed by atoms with E-state index in [2.05, 4.69) is 19.8 Å². The molecule has 3 N–H and O–H groups in total. The molecule has 9 nitrogen and oxygen atoms in total. The molecule has 0 aliphatic carbocycles. The number of hydrogen-bond donors (Lipinski definition) is 3. The Morgan fingerprint density at radius 3 is 2.72 bits per heavy atom. The second-order valence-corrected chi connectivity index (χ2v) is 7.92. The van der Waals surface area contributed by atoms with Crippen molar-refractivity contribution in [2.45, 2.75) is 38.1 Å². The minimum atomic E-state index is -3.76. The molecule has 1 saturated heterocycles. The minimum Gasteiger partial charge on any atom is -0.480 e. The highest BCUT2D eigenvalue weighted by Gasteiger charge is 2.54. The van der Waals surface area contributed by atoms with Gasteiger partial charge < -0.3 is 19.7 Å². The third-order valence-electron chi connectivity index (χ3n) is 5.31. The van der Waals surface area contributed by atoms with Crippen molar-refractivity contribution in [1.29, 1.82) is 0 Å². The number of likely N-dealkylation sites (tertiary alicyclic amines) is 1. The van der Waals surface area contributed by atoms with Gasteiger partial charge in [0.1, 0.15) is 6.04 Å². The molecule has 0 radical (unpaired) electrons. The first-order chi connectivity index (χ1) is 15.1. The maximum absolute atomic E-state index is 13.2. The molecule has 4 atom stereocenters. The number of carboxylic acid groups (broad SMARTS) is 1. The second-order valence-electron chi connectivity index (χ2n) is 7.49. The molecule has 2 aromatic rings. The number of β-lactam (4-membered cyclic amide) rings is 1. The van der Waals surface area contributed by atoms with Crippen LogP contribution < -0.4 is 14.8 Å². The predicted molar refractivity (Wildman–Crippen MR) is 105 cm³/mol. The molecule has 2 aliphatic rings. The molecule has 1 amide bonds. The summed E-state index contributed by atoms with van der Waals surface area (Å²) in [6.07, 6.45) is -2.39. The van der Waals surface area contributed by atoms with Crippen molar-refractivity contribution < 1.29 is 38.1 Å². The lowest BCUT2D eigenvalue weighted by molar-refractivity contribution is -0.286. The third kappa shape index (κ3) is 4.18. The van der Waals surface area contributed by atoms with E-state index in [0.29, 0.717) is 16.1 Å². The lowest BCUT2D eigenvalue weighted by atomic mass is 9.82. The first-order valence-electron chi connectivity index (χ1n) is 9.54. The smallest absolute Gasteiger partial charge is 0.480 e. The van der Waals surface area contributed by atoms with Gasteiger partial charge in [-0.25, -0.2) is 4.79 Å². The number of nitrogens with one attached hydrogen (secondary N) is 1. The van der Waals surface area contributed by atoms with Gasteiger partial charge in [0.05, 0.1) is 10.9 Å². The molecule has 4 unspecified atom stereocenters. The normalized spacial score (nSPS) is 22.9. The Balaban J connectivity index is 1.44. The number of aliphatic hydroxyl groups is 1. The Labute approximate surface area is 185 Å². The number of benzene rings is 1. The summed E-state index contributed by atoms with van der Waals surface area (Å²) < 4.78 is 35.2. The van der Waals surface area contributed by atoms with E-state index in [9.17, 15) is 28.6 Å². The van der Waals surface area contributed by atoms with Gasteiger partial charge in [-0.1, -0.05) is 17.7 Å². The maximum atomic E-state index is 13.2. The lowest BCUT2D eigenvalue weighted by Gasteiger charge is -2.47. The fourth-order valence-electron chi connectivity index (χ4n) is 3.79. The average molecular weight is 470 g/mol. The van der Waals surface area contributed by atoms with Crippen molar-refractivity contribution in [2.24, 2.45) is 5.92 Å². The van der Waals surface area contributed by atoms with E-state index < -0.39 is 42.5 Å². The number of halogens is 3. The lowest BCUT2D eigenvalue weighted by Crippen LogP contribution is -2.70. The van der Waals surface area contributed by atoms with E-state index >= 15 is 0 Å². The Hall–Kier alpha value is -3.02. The Morgan fingerprint density at radius 1 is 1.31 bits per heavy atom. The first-order valence-corrected chi connectivity index (χ1v) is 9.92. The van der Waals surface area contributed by atoms with Crippen LogP contribution in [0.5, 0.6) is 11.5 Å². The number of alkyl halides is 2. The predicted octanol–water partition coefficient (Wildman–Crippen LogP) is 2.14. The van der Waals surface area contributed by atoms with E-state index in [1.54, 1.807) is 13.0 Å². The molecule has 0 saturated carbocycles. The van der Waals surface area contributed by atoms with Crippen LogP contribution in [-0.4, -0.2) is 50.7 Å². The topological polar surface area (TPSA) is 121 Å². The molecule has 170 valence electrons. The molecular weight excluding hydrogens is 452 g/mol. The second kappa shape index (κ2) is 8.15. The van der Waals surface area contributed by atoms with Crippen LogP contribution in [0.15, 0.2) is 36.7 Å². The minimum absolute atomic E-state index is 0.0957. The van der Waals surface area contributed by atoms with Crippen molar-refractivity contribution in [2.75, 3.05) is 0 Å². The quantitative estimate of drug-likeness (QED) is 0.416. The van der Waals surface area contributed by atoms with Crippen LogP contribution in [-0.2, 0) is 16.0 Å². The van der Waals surface area contributed by atoms with Gasteiger partial charge in [0.2, 0.25) is 5.91 Å². The molecule has 3 heterocycles. The van der Waals surface area contributed by atoms with E-state index in [-0.39, 0.29) is 17.9 Å². The third-order valence-corrected chi connectivity index (χ3v) is 5.52. The number of carbonyl (C=O) groups excluding carboxylic acids is 1. The molecule has 0 spiro atoms. The zero-order valence-electron chi connectivity index (χ0n) is 16.5. The molecule has 1 aromatic carbocycles. The fourth-order valence-corrected chi connectivity index (χ4v) is 3.99. The number of nitrogens with zero attached hydrogens (tertiary/aromatic N) is 2. The highest BCUT2D eigenvalue weighted by atomic mass is 35.5. The number of carbonyl (C=O) groups is 2. The summed E-state index contributed by atoms with van der Waals surface area (Å²) in [7, 11) is 0. The van der Waals surface area contributed by atoms with Crippen molar-refractivity contribution >= 4 is 23.5 Å². The highest BCUT2D eigenvalue weighted by molar-refractivity contribution is 6.30. The van der Waals surface area contributed by atoms with Crippen LogP contribution in [0.25, 0.3) is 0 Å². The Kier molecular flexibility index (Phi) is 5.65. The van der Waals surface area contributed by atoms with Gasteiger partial charge >= 0.3 is 12.3 Å². The monoisotopic (exact) mass is 469 g/mol. The van der Waals surface area contributed by atoms with Gasteiger partial charge in [-0.2, -0.15) is 0 Å². The zero-order chi connectivity index (χ0) is 23.2. The summed E-state index contributed by atoms with van der Waals surface area (Å²) in [6, 6.07) is 3.75. The first kappa shape index (κ1) is 22.2. The van der Waals surface area contributed by atoms with E-state index in [1.807, 2.05) is 0 Å². The van der Waals surface area contributed by atoms with Crippen molar-refractivity contribution in [1.82, 2.24) is 15.2 Å². The number of rotatable bonds is 7. The van der Waals surface area contributed by atoms with Crippen LogP contribution in [0.1, 0.15) is 24.1 Å². The van der Waals surface area contributed by atoms with Crippen LogP contribution in [0.3, 0.4) is 0 Å². The van der Waals surface area contributed by atoms with Gasteiger partial charge in [-0.15, -0.1) is 8.78 Å². The number of aromatic nitrogens is 1. The van der Waals surface area contributed by atoms with Gasteiger partial charge in [0, 0.05) is 18.4 Å². The molecule has 2 aliphatic heterocycles. The number of amides is 1. The summed E-state index contributed by atoms with van der Waals surface area (Å²) in [4.78, 5) is 29.2. The van der Waals surface area contributed by atoms with Gasteiger partial charge in [0.15, 0.2) is 17.9 Å².